The summed E-state index contributed by atoms with van der Waals surface area (Å²) in [6.07, 6.45) is -9.56. The average Bonchev–Trinajstić information content (AvgIpc) is 2.84. The Kier molecular flexibility index (Phi) is 9.18. The molecule has 1 aromatic carbocycles. The van der Waals surface area contributed by atoms with Crippen LogP contribution >= 0.6 is 0 Å². The topological polar surface area (TPSA) is 195 Å². The largest absolute Gasteiger partial charge is 0.465 e. The molecule has 12 heteroatoms. The Morgan fingerprint density at radius 1 is 0.886 bits per heavy atom. The van der Waals surface area contributed by atoms with Crippen LogP contribution in [0.15, 0.2) is 24.3 Å². The van der Waals surface area contributed by atoms with Gasteiger partial charge in [0, 0.05) is 24.8 Å². The Morgan fingerprint density at radius 3 is 2.03 bits per heavy atom. The van der Waals surface area contributed by atoms with Gasteiger partial charge in [0.25, 0.3) is 0 Å². The molecule has 4 unspecified atom stereocenters. The highest BCUT2D eigenvalue weighted by atomic mass is 16.7. The van der Waals surface area contributed by atoms with E-state index in [9.17, 15) is 40.2 Å². The Balaban J connectivity index is 1.67. The summed E-state index contributed by atoms with van der Waals surface area (Å²) >= 11 is 0. The van der Waals surface area contributed by atoms with Gasteiger partial charge in [0.05, 0.1) is 31.5 Å². The number of aliphatic hydroxyl groups is 6. The van der Waals surface area contributed by atoms with Gasteiger partial charge in [0.1, 0.15) is 36.3 Å². The molecule has 0 radical (unpaired) electrons. The number of amides is 1. The van der Waals surface area contributed by atoms with Gasteiger partial charge >= 0.3 is 0 Å². The van der Waals surface area contributed by atoms with Gasteiger partial charge in [-0.2, -0.15) is 0 Å². The molecule has 0 aliphatic carbocycles. The number of benzene rings is 1. The number of carbonyl (C=O) groups is 2. The van der Waals surface area contributed by atoms with Crippen LogP contribution in [0.1, 0.15) is 30.6 Å². The number of hydrogen-bond acceptors (Lipinski definition) is 11. The third kappa shape index (κ3) is 6.16. The van der Waals surface area contributed by atoms with Crippen molar-refractivity contribution in [1.29, 1.82) is 0 Å². The third-order valence-electron chi connectivity index (χ3n) is 6.40. The van der Waals surface area contributed by atoms with E-state index in [2.05, 4.69) is 5.32 Å². The highest BCUT2D eigenvalue weighted by Gasteiger charge is 2.45. The fourth-order valence-corrected chi connectivity index (χ4v) is 4.29. The predicted octanol–water partition coefficient (Wildman–Crippen LogP) is -2.30. The van der Waals surface area contributed by atoms with E-state index >= 15 is 0 Å². The maximum absolute atomic E-state index is 12.9. The van der Waals surface area contributed by atoms with Crippen molar-refractivity contribution in [3.8, 4) is 5.75 Å². The number of Topliss-reactive ketones (excluding diaryl/α,β-unsaturated/α-hetero) is 1. The second-order valence-corrected chi connectivity index (χ2v) is 8.94. The van der Waals surface area contributed by atoms with Gasteiger partial charge in [0.15, 0.2) is 5.78 Å². The lowest BCUT2D eigenvalue weighted by molar-refractivity contribution is -0.256. The van der Waals surface area contributed by atoms with E-state index in [-0.39, 0.29) is 17.8 Å². The molecule has 1 amide bonds. The molecule has 2 heterocycles. The lowest BCUT2D eigenvalue weighted by atomic mass is 9.89. The second-order valence-electron chi connectivity index (χ2n) is 8.94. The van der Waals surface area contributed by atoms with Crippen LogP contribution in [0.2, 0.25) is 0 Å². The molecule has 3 rings (SSSR count). The van der Waals surface area contributed by atoms with Crippen molar-refractivity contribution < 1.29 is 54.4 Å². The molecule has 1 aromatic rings. The molecule has 0 aromatic heterocycles. The van der Waals surface area contributed by atoms with Gasteiger partial charge in [-0.25, -0.2) is 0 Å². The number of ketones is 1. The number of aliphatic hydroxyl groups excluding tert-OH is 6. The molecule has 0 spiro atoms. The van der Waals surface area contributed by atoms with Crippen molar-refractivity contribution in [3.05, 3.63) is 29.8 Å². The van der Waals surface area contributed by atoms with Crippen LogP contribution in [-0.4, -0.2) is 111 Å². The summed E-state index contributed by atoms with van der Waals surface area (Å²) < 4.78 is 16.9. The Labute approximate surface area is 202 Å². The maximum atomic E-state index is 12.9. The quantitative estimate of drug-likeness (QED) is 0.190. The SMILES string of the molecule is CC(=O)NC1[C@H](CC(=O)c2ccc(O[C@@H]3OC(CO)[C@@H](O)[C@H](O)C3C)cc2)OC(CO)[C@@H](O)[C@@H]1O. The number of rotatable bonds is 8. The van der Waals surface area contributed by atoms with E-state index in [1.165, 1.54) is 31.2 Å². The zero-order valence-electron chi connectivity index (χ0n) is 19.4. The number of nitrogens with one attached hydrogen (secondary N) is 1. The molecule has 10 atom stereocenters. The Morgan fingerprint density at radius 2 is 1.46 bits per heavy atom. The summed E-state index contributed by atoms with van der Waals surface area (Å²) in [6, 6.07) is 4.95. The van der Waals surface area contributed by atoms with Gasteiger partial charge in [-0.15, -0.1) is 0 Å². The highest BCUT2D eigenvalue weighted by molar-refractivity contribution is 5.96. The van der Waals surface area contributed by atoms with Crippen molar-refractivity contribution >= 4 is 11.7 Å². The first kappa shape index (κ1) is 27.4. The summed E-state index contributed by atoms with van der Waals surface area (Å²) in [5.41, 5.74) is 0.282. The highest BCUT2D eigenvalue weighted by Crippen LogP contribution is 2.29. The van der Waals surface area contributed by atoms with Crippen molar-refractivity contribution in [1.82, 2.24) is 5.32 Å². The molecule has 2 aliphatic rings. The standard InChI is InChI=1S/C23H33NO11/c1-10-19(29)20(30)17(9-26)35-23(10)33-13-5-3-12(4-6-13)14(28)7-15-18(24-11(2)27)22(32)21(31)16(8-25)34-15/h3-6,10,15-23,25-26,29-32H,7-9H2,1-2H3,(H,24,27)/t10?,15-,16?,17?,18?,19+,20+,21+,22+,23+/m0/s1. The van der Waals surface area contributed by atoms with Crippen molar-refractivity contribution in [3.63, 3.8) is 0 Å². The Hall–Kier alpha value is -2.16. The molecule has 2 fully saturated rings. The first-order valence-electron chi connectivity index (χ1n) is 11.4. The molecule has 2 saturated heterocycles. The number of carbonyl (C=O) groups excluding carboxylic acids is 2. The van der Waals surface area contributed by atoms with E-state index < -0.39 is 80.1 Å². The van der Waals surface area contributed by atoms with E-state index in [0.717, 1.165) is 0 Å². The van der Waals surface area contributed by atoms with E-state index in [1.54, 1.807) is 6.92 Å². The van der Waals surface area contributed by atoms with Crippen LogP contribution in [0.5, 0.6) is 5.75 Å². The predicted molar refractivity (Wildman–Crippen MR) is 118 cm³/mol. The first-order chi connectivity index (χ1) is 16.6. The average molecular weight is 500 g/mol. The van der Waals surface area contributed by atoms with Crippen LogP contribution in [-0.2, 0) is 14.3 Å². The van der Waals surface area contributed by atoms with E-state index in [4.69, 9.17) is 14.2 Å². The van der Waals surface area contributed by atoms with E-state index in [1.807, 2.05) is 0 Å². The summed E-state index contributed by atoms with van der Waals surface area (Å²) in [6.45, 7) is 1.79. The molecule has 7 N–H and O–H groups in total. The minimum Gasteiger partial charge on any atom is -0.465 e. The summed E-state index contributed by atoms with van der Waals surface area (Å²) in [4.78, 5) is 24.4. The molecule has 0 bridgehead atoms. The maximum Gasteiger partial charge on any atom is 0.217 e. The van der Waals surface area contributed by atoms with Crippen molar-refractivity contribution in [2.45, 2.75) is 75.3 Å². The molecular weight excluding hydrogens is 466 g/mol. The fraction of sp³-hybridized carbons (Fsp3) is 0.652. The molecule has 0 saturated carbocycles. The number of ether oxygens (including phenoxy) is 3. The van der Waals surface area contributed by atoms with Gasteiger partial charge < -0.3 is 50.2 Å². The van der Waals surface area contributed by atoms with Crippen molar-refractivity contribution in [2.75, 3.05) is 13.2 Å². The zero-order valence-corrected chi connectivity index (χ0v) is 19.4. The molecule has 12 nitrogen and oxygen atoms in total. The summed E-state index contributed by atoms with van der Waals surface area (Å²) in [5, 5.41) is 61.9. The van der Waals surface area contributed by atoms with Crippen molar-refractivity contribution in [2.24, 2.45) is 5.92 Å². The molecule has 35 heavy (non-hydrogen) atoms. The van der Waals surface area contributed by atoms with Crippen LogP contribution in [0.3, 0.4) is 0 Å². The lowest BCUT2D eigenvalue weighted by Crippen LogP contribution is -2.64. The van der Waals surface area contributed by atoms with Crippen LogP contribution in [0, 0.1) is 5.92 Å². The van der Waals surface area contributed by atoms with Crippen LogP contribution < -0.4 is 10.1 Å². The number of hydrogen-bond donors (Lipinski definition) is 7. The normalized spacial score (nSPS) is 37.5. The summed E-state index contributed by atoms with van der Waals surface area (Å²) in [5.74, 6) is -1.13. The lowest BCUT2D eigenvalue weighted by Gasteiger charge is -2.42. The van der Waals surface area contributed by atoms with E-state index in [0.29, 0.717) is 5.75 Å². The monoisotopic (exact) mass is 499 g/mol. The molecule has 2 aliphatic heterocycles. The van der Waals surface area contributed by atoms with Gasteiger partial charge in [0.2, 0.25) is 12.2 Å². The first-order valence-corrected chi connectivity index (χ1v) is 11.4. The van der Waals surface area contributed by atoms with Crippen LogP contribution in [0.4, 0.5) is 0 Å². The minimum atomic E-state index is -1.44. The zero-order chi connectivity index (χ0) is 25.9. The second kappa shape index (κ2) is 11.7. The van der Waals surface area contributed by atoms with Gasteiger partial charge in [-0.3, -0.25) is 9.59 Å². The van der Waals surface area contributed by atoms with Gasteiger partial charge in [-0.05, 0) is 24.3 Å². The summed E-state index contributed by atoms with van der Waals surface area (Å²) in [7, 11) is 0. The van der Waals surface area contributed by atoms with Gasteiger partial charge in [-0.1, -0.05) is 6.92 Å². The molecule has 196 valence electrons. The molecular formula is C23H33NO11. The third-order valence-corrected chi connectivity index (χ3v) is 6.40. The van der Waals surface area contributed by atoms with Crippen LogP contribution in [0.25, 0.3) is 0 Å². The Bertz CT molecular complexity index is 864. The minimum absolute atomic E-state index is 0.240. The fourth-order valence-electron chi connectivity index (χ4n) is 4.29. The smallest absolute Gasteiger partial charge is 0.217 e.